The summed E-state index contributed by atoms with van der Waals surface area (Å²) in [5.41, 5.74) is 1.56. The van der Waals surface area contributed by atoms with E-state index in [1.807, 2.05) is 17.0 Å². The topological polar surface area (TPSA) is 57.7 Å². The summed E-state index contributed by atoms with van der Waals surface area (Å²) in [7, 11) is 0. The Hall–Kier alpha value is -3.02. The smallest absolute Gasteiger partial charge is 0.241 e. The summed E-state index contributed by atoms with van der Waals surface area (Å²) in [6.07, 6.45) is 5.29. The molecule has 3 aliphatic rings. The number of imide groups is 1. The van der Waals surface area contributed by atoms with Crippen molar-refractivity contribution in [1.82, 2.24) is 9.80 Å². The van der Waals surface area contributed by atoms with Crippen molar-refractivity contribution >= 4 is 17.7 Å². The fraction of sp³-hybridized carbons (Fsp3) is 0.483. The highest BCUT2D eigenvalue weighted by Crippen LogP contribution is 2.43. The first kappa shape index (κ1) is 23.7. The van der Waals surface area contributed by atoms with Gasteiger partial charge >= 0.3 is 0 Å². The van der Waals surface area contributed by atoms with E-state index in [9.17, 15) is 18.8 Å². The van der Waals surface area contributed by atoms with Crippen LogP contribution in [0.15, 0.2) is 48.5 Å². The van der Waals surface area contributed by atoms with Crippen molar-refractivity contribution in [2.45, 2.75) is 75.7 Å². The molecule has 2 saturated heterocycles. The van der Waals surface area contributed by atoms with Crippen molar-refractivity contribution in [2.75, 3.05) is 13.1 Å². The molecule has 0 unspecified atom stereocenters. The summed E-state index contributed by atoms with van der Waals surface area (Å²) < 4.78 is 14.3. The maximum absolute atomic E-state index is 14.3. The molecule has 0 aromatic heterocycles. The lowest BCUT2D eigenvalue weighted by atomic mass is 9.75. The molecule has 0 spiro atoms. The first-order valence-corrected chi connectivity index (χ1v) is 12.8. The molecule has 5 nitrogen and oxygen atoms in total. The molecule has 35 heavy (non-hydrogen) atoms. The Bertz CT molecular complexity index is 1140. The van der Waals surface area contributed by atoms with Gasteiger partial charge in [-0.3, -0.25) is 19.3 Å². The molecule has 0 radical (unpaired) electrons. The standard InChI is InChI=1S/C29H33FN2O3/c1-20-8-2-5-14-25(20)21-9-7-15-31(19-21)26(33)17-29(22-10-6-11-23(30)16-22)18-27(34)32(28(29)35)24-12-3-4-13-24/h2,5-6,8,10-11,14,16,21,24H,3-4,7,9,12-13,15,17-19H2,1H3/t21-,29-/m0/s1. The normalized spacial score (nSPS) is 25.5. The van der Waals surface area contributed by atoms with Gasteiger partial charge in [0.2, 0.25) is 17.7 Å². The van der Waals surface area contributed by atoms with E-state index >= 15 is 0 Å². The number of benzene rings is 2. The van der Waals surface area contributed by atoms with Gasteiger partial charge in [0.05, 0.1) is 5.41 Å². The van der Waals surface area contributed by atoms with Gasteiger partial charge < -0.3 is 4.90 Å². The van der Waals surface area contributed by atoms with Crippen LogP contribution in [0.5, 0.6) is 0 Å². The van der Waals surface area contributed by atoms with E-state index in [1.165, 1.54) is 28.2 Å². The van der Waals surface area contributed by atoms with Crippen molar-refractivity contribution in [1.29, 1.82) is 0 Å². The predicted molar refractivity (Wildman–Crippen MR) is 131 cm³/mol. The van der Waals surface area contributed by atoms with E-state index in [0.29, 0.717) is 18.7 Å². The number of aryl methyl sites for hydroxylation is 1. The molecule has 2 aromatic rings. The van der Waals surface area contributed by atoms with E-state index in [-0.39, 0.29) is 42.5 Å². The Morgan fingerprint density at radius 1 is 1.03 bits per heavy atom. The molecule has 6 heteroatoms. The van der Waals surface area contributed by atoms with Crippen LogP contribution in [-0.2, 0) is 19.8 Å². The minimum absolute atomic E-state index is 0.0768. The summed E-state index contributed by atoms with van der Waals surface area (Å²) in [5.74, 6) is -0.931. The molecular formula is C29H33FN2O3. The molecule has 2 heterocycles. The lowest BCUT2D eigenvalue weighted by Crippen LogP contribution is -2.47. The van der Waals surface area contributed by atoms with Gasteiger partial charge in [-0.05, 0) is 61.4 Å². The van der Waals surface area contributed by atoms with Gasteiger partial charge in [0.15, 0.2) is 0 Å². The van der Waals surface area contributed by atoms with Crippen LogP contribution >= 0.6 is 0 Å². The summed E-state index contributed by atoms with van der Waals surface area (Å²) in [6, 6.07) is 14.1. The van der Waals surface area contributed by atoms with Crippen molar-refractivity contribution in [3.8, 4) is 0 Å². The van der Waals surface area contributed by atoms with Gasteiger partial charge in [0, 0.05) is 37.9 Å². The molecule has 3 fully saturated rings. The van der Waals surface area contributed by atoms with Crippen molar-refractivity contribution in [2.24, 2.45) is 0 Å². The second-order valence-electron chi connectivity index (χ2n) is 10.5. The van der Waals surface area contributed by atoms with Crippen LogP contribution < -0.4 is 0 Å². The summed E-state index contributed by atoms with van der Waals surface area (Å²) in [6.45, 7) is 3.32. The minimum Gasteiger partial charge on any atom is -0.342 e. The van der Waals surface area contributed by atoms with Gasteiger partial charge in [-0.25, -0.2) is 4.39 Å². The molecule has 5 rings (SSSR count). The van der Waals surface area contributed by atoms with Crippen LogP contribution in [0.2, 0.25) is 0 Å². The third-order valence-electron chi connectivity index (χ3n) is 8.27. The molecule has 2 aliphatic heterocycles. The van der Waals surface area contributed by atoms with Crippen molar-refractivity contribution < 1.29 is 18.8 Å². The number of likely N-dealkylation sites (tertiary alicyclic amines) is 2. The van der Waals surface area contributed by atoms with E-state index in [1.54, 1.807) is 12.1 Å². The number of amides is 3. The van der Waals surface area contributed by atoms with Gasteiger partial charge in [0.25, 0.3) is 0 Å². The zero-order chi connectivity index (χ0) is 24.6. The largest absolute Gasteiger partial charge is 0.342 e. The number of carbonyl (C=O) groups is 3. The van der Waals surface area contributed by atoms with E-state index in [0.717, 1.165) is 38.5 Å². The highest BCUT2D eigenvalue weighted by Gasteiger charge is 2.56. The monoisotopic (exact) mass is 476 g/mol. The predicted octanol–water partition coefficient (Wildman–Crippen LogP) is 4.87. The second-order valence-corrected chi connectivity index (χ2v) is 10.5. The molecule has 3 amide bonds. The third kappa shape index (κ3) is 4.39. The minimum atomic E-state index is -1.34. The van der Waals surface area contributed by atoms with Gasteiger partial charge in [-0.15, -0.1) is 0 Å². The molecule has 184 valence electrons. The average molecular weight is 477 g/mol. The Morgan fingerprint density at radius 3 is 2.54 bits per heavy atom. The fourth-order valence-electron chi connectivity index (χ4n) is 6.42. The first-order chi connectivity index (χ1) is 16.9. The number of nitrogens with zero attached hydrogens (tertiary/aromatic N) is 2. The second kappa shape index (κ2) is 9.56. The number of hydrogen-bond donors (Lipinski definition) is 0. The van der Waals surface area contributed by atoms with Crippen LogP contribution in [0, 0.1) is 12.7 Å². The zero-order valence-corrected chi connectivity index (χ0v) is 20.3. The number of rotatable bonds is 5. The summed E-state index contributed by atoms with van der Waals surface area (Å²) in [4.78, 5) is 44.0. The number of hydrogen-bond acceptors (Lipinski definition) is 3. The number of halogens is 1. The van der Waals surface area contributed by atoms with E-state index in [4.69, 9.17) is 0 Å². The van der Waals surface area contributed by atoms with Gasteiger partial charge in [-0.2, -0.15) is 0 Å². The molecular weight excluding hydrogens is 443 g/mol. The SMILES string of the molecule is Cc1ccccc1[C@H]1CCCN(C(=O)C[C@@]2(c3cccc(F)c3)CC(=O)N(C3CCCC3)C2=O)C1. The Labute approximate surface area is 206 Å². The molecule has 1 saturated carbocycles. The van der Waals surface area contributed by atoms with Crippen LogP contribution in [-0.4, -0.2) is 46.7 Å². The van der Waals surface area contributed by atoms with Crippen molar-refractivity contribution in [3.05, 3.63) is 71.0 Å². The molecule has 2 atom stereocenters. The zero-order valence-electron chi connectivity index (χ0n) is 20.3. The molecule has 0 N–H and O–H groups in total. The molecule has 2 aromatic carbocycles. The summed E-state index contributed by atoms with van der Waals surface area (Å²) in [5, 5.41) is 0. The highest BCUT2D eigenvalue weighted by atomic mass is 19.1. The van der Waals surface area contributed by atoms with Crippen LogP contribution in [0.4, 0.5) is 4.39 Å². The van der Waals surface area contributed by atoms with Crippen molar-refractivity contribution in [3.63, 3.8) is 0 Å². The number of carbonyl (C=O) groups excluding carboxylic acids is 3. The molecule has 1 aliphatic carbocycles. The van der Waals surface area contributed by atoms with E-state index < -0.39 is 11.2 Å². The highest BCUT2D eigenvalue weighted by molar-refractivity contribution is 6.11. The Morgan fingerprint density at radius 2 is 1.80 bits per heavy atom. The fourth-order valence-corrected chi connectivity index (χ4v) is 6.42. The lowest BCUT2D eigenvalue weighted by molar-refractivity contribution is -0.145. The quantitative estimate of drug-likeness (QED) is 0.579. The van der Waals surface area contributed by atoms with Crippen LogP contribution in [0.3, 0.4) is 0 Å². The lowest BCUT2D eigenvalue weighted by Gasteiger charge is -2.36. The number of piperidine rings is 1. The Kier molecular flexibility index (Phi) is 6.47. The molecule has 0 bridgehead atoms. The van der Waals surface area contributed by atoms with E-state index in [2.05, 4.69) is 19.1 Å². The van der Waals surface area contributed by atoms with Gasteiger partial charge in [-0.1, -0.05) is 49.2 Å². The van der Waals surface area contributed by atoms with Crippen LogP contribution in [0.1, 0.15) is 74.0 Å². The van der Waals surface area contributed by atoms with Crippen LogP contribution in [0.25, 0.3) is 0 Å². The Balaban J connectivity index is 1.43. The summed E-state index contributed by atoms with van der Waals surface area (Å²) >= 11 is 0. The maximum atomic E-state index is 14.3. The average Bonchev–Trinajstić information content (AvgIpc) is 3.46. The van der Waals surface area contributed by atoms with Gasteiger partial charge in [0.1, 0.15) is 5.82 Å². The third-order valence-corrected chi connectivity index (χ3v) is 8.27. The maximum Gasteiger partial charge on any atom is 0.241 e. The first-order valence-electron chi connectivity index (χ1n) is 12.8.